The Hall–Kier alpha value is -0.782. The summed E-state index contributed by atoms with van der Waals surface area (Å²) in [6, 6.07) is 8.35. The van der Waals surface area contributed by atoms with Crippen LogP contribution in [0, 0.1) is 54.2 Å². The Morgan fingerprint density at radius 1 is 0.358 bits per heavy atom. The number of phenolic OH excluding ortho intramolecular Hbond substituents is 2. The minimum Gasteiger partial charge on any atom is -0.507 e. The molecular weight excluding hydrogens is 799 g/mol. The second kappa shape index (κ2) is 25.5. The van der Waals surface area contributed by atoms with Crippen molar-refractivity contribution in [1.29, 1.82) is 0 Å². The van der Waals surface area contributed by atoms with Crippen molar-refractivity contribution < 1.29 is 69.5 Å². The van der Waals surface area contributed by atoms with E-state index in [1.54, 1.807) is 0 Å². The van der Waals surface area contributed by atoms with Crippen LogP contribution >= 0.6 is 0 Å². The summed E-state index contributed by atoms with van der Waals surface area (Å²) in [6.07, 6.45) is 10.2. The van der Waals surface area contributed by atoms with Crippen LogP contribution in [0.4, 0.5) is 0 Å². The Labute approximate surface area is 359 Å². The van der Waals surface area contributed by atoms with Gasteiger partial charge in [-0.25, -0.2) is 0 Å². The van der Waals surface area contributed by atoms with Crippen molar-refractivity contribution in [2.24, 2.45) is 0 Å². The van der Waals surface area contributed by atoms with E-state index in [9.17, 15) is 10.2 Å². The van der Waals surface area contributed by atoms with Crippen molar-refractivity contribution in [2.45, 2.75) is 170 Å². The Balaban J connectivity index is 0.000000666. The molecule has 0 saturated carbocycles. The number of hydrogen-bond donors (Lipinski definition) is 2. The summed E-state index contributed by atoms with van der Waals surface area (Å²) in [4.78, 5) is 0. The van der Waals surface area contributed by atoms with E-state index in [1.807, 2.05) is 0 Å². The molecule has 4 heterocycles. The van der Waals surface area contributed by atoms with E-state index >= 15 is 0 Å². The molecule has 4 fully saturated rings. The van der Waals surface area contributed by atoms with E-state index in [0.29, 0.717) is 11.5 Å². The van der Waals surface area contributed by atoms with E-state index in [0.717, 1.165) is 75.1 Å². The first-order chi connectivity index (χ1) is 24.1. The van der Waals surface area contributed by atoms with Crippen molar-refractivity contribution in [3.8, 4) is 11.5 Å². The van der Waals surface area contributed by atoms with Gasteiger partial charge in [-0.2, -0.15) is 0 Å². The number of hydrogen-bond acceptors (Lipinski definition) is 6. The van der Waals surface area contributed by atoms with Crippen molar-refractivity contribution in [3.05, 3.63) is 57.6 Å². The maximum atomic E-state index is 10.4. The van der Waals surface area contributed by atoms with Gasteiger partial charge in [0.05, 0.1) is 0 Å². The fourth-order valence-electron chi connectivity index (χ4n) is 5.89. The fraction of sp³-hybridized carbons (Fsp3) is 0.739. The van der Waals surface area contributed by atoms with Gasteiger partial charge < -0.3 is 29.2 Å². The van der Waals surface area contributed by atoms with Crippen LogP contribution in [0.3, 0.4) is 0 Å². The molecule has 0 unspecified atom stereocenters. The molecule has 0 bridgehead atoms. The molecule has 4 aliphatic rings. The summed E-state index contributed by atoms with van der Waals surface area (Å²) < 4.78 is 19.8. The fourth-order valence-corrected chi connectivity index (χ4v) is 5.89. The molecule has 6 rings (SSSR count). The van der Waals surface area contributed by atoms with Gasteiger partial charge in [-0.3, -0.25) is 0 Å². The predicted molar refractivity (Wildman–Crippen MR) is 221 cm³/mol. The number of benzene rings is 2. The van der Waals surface area contributed by atoms with Gasteiger partial charge in [0.15, 0.2) is 0 Å². The Bertz CT molecular complexity index is 1040. The molecule has 0 amide bonds. The molecule has 0 atom stereocenters. The Kier molecular flexibility index (Phi) is 25.1. The molecule has 306 valence electrons. The van der Waals surface area contributed by atoms with Gasteiger partial charge in [-0.1, -0.05) is 118 Å². The van der Waals surface area contributed by atoms with Crippen LogP contribution in [0.15, 0.2) is 24.3 Å². The van der Waals surface area contributed by atoms with Gasteiger partial charge in [-0.05, 0) is 109 Å². The van der Waals surface area contributed by atoms with Crippen LogP contribution in [0.2, 0.25) is 0 Å². The van der Waals surface area contributed by atoms with E-state index in [2.05, 4.69) is 121 Å². The van der Waals surface area contributed by atoms with E-state index in [4.69, 9.17) is 18.9 Å². The van der Waals surface area contributed by atoms with E-state index < -0.39 is 0 Å². The number of aryl methyl sites for hydroxylation is 2. The van der Waals surface area contributed by atoms with Crippen LogP contribution in [0.5, 0.6) is 11.5 Å². The summed E-state index contributed by atoms with van der Waals surface area (Å²) in [6.45, 7) is 37.8. The van der Waals surface area contributed by atoms with Crippen LogP contribution in [0.25, 0.3) is 0 Å². The van der Waals surface area contributed by atoms with Gasteiger partial charge in [0.25, 0.3) is 0 Å². The second-order valence-corrected chi connectivity index (χ2v) is 18.7. The smallest absolute Gasteiger partial charge is 0.123 e. The van der Waals surface area contributed by atoms with Gasteiger partial charge in [0.2, 0.25) is 0 Å². The largest absolute Gasteiger partial charge is 0.507 e. The van der Waals surface area contributed by atoms with Crippen LogP contribution in [0.1, 0.15) is 168 Å². The van der Waals surface area contributed by atoms with Gasteiger partial charge in [-0.15, -0.1) is 0 Å². The van der Waals surface area contributed by atoms with Crippen molar-refractivity contribution in [1.82, 2.24) is 0 Å². The minimum absolute atomic E-state index is 0. The quantitative estimate of drug-likeness (QED) is 0.275. The minimum atomic E-state index is -0.0178. The SMILES string of the molecule is C1CCOC1.C1CCOC1.C1CCOC1.C1CCOC1.Cc1cc(C(C)(C)C)c(O)c(C(C)(C)C)c1.Cc1cc(C(C)(C)C)c(O)c(C(C)(C)C)c1.[Sm]. The molecule has 53 heavy (non-hydrogen) atoms. The van der Waals surface area contributed by atoms with Crippen molar-refractivity contribution in [2.75, 3.05) is 52.9 Å². The molecule has 2 aromatic carbocycles. The molecule has 7 heteroatoms. The molecule has 0 spiro atoms. The number of aromatic hydroxyl groups is 2. The average molecular weight is 880 g/mol. The summed E-state index contributed by atoms with van der Waals surface area (Å²) in [7, 11) is 0. The normalized spacial score (nSPS) is 16.9. The monoisotopic (exact) mass is 881 g/mol. The molecule has 2 N–H and O–H groups in total. The van der Waals surface area contributed by atoms with Crippen LogP contribution < -0.4 is 0 Å². The van der Waals surface area contributed by atoms with Crippen LogP contribution in [-0.2, 0) is 40.6 Å². The maximum Gasteiger partial charge on any atom is 0.123 e. The van der Waals surface area contributed by atoms with Crippen LogP contribution in [-0.4, -0.2) is 63.1 Å². The topological polar surface area (TPSA) is 77.4 Å². The zero-order valence-electron chi connectivity index (χ0n) is 36.6. The molecule has 4 aliphatic heterocycles. The van der Waals surface area contributed by atoms with E-state index in [-0.39, 0.29) is 62.0 Å². The summed E-state index contributed by atoms with van der Waals surface area (Å²) in [5.41, 5.74) is 6.52. The molecule has 2 aromatic rings. The van der Waals surface area contributed by atoms with Gasteiger partial charge in [0, 0.05) is 93.2 Å². The zero-order chi connectivity index (χ0) is 39.6. The number of rotatable bonds is 0. The Morgan fingerprint density at radius 3 is 0.604 bits per heavy atom. The third-order valence-corrected chi connectivity index (χ3v) is 9.05. The first-order valence-corrected chi connectivity index (χ1v) is 20.1. The van der Waals surface area contributed by atoms with E-state index in [1.165, 1.54) is 62.5 Å². The molecular formula is C46H80O6Sm. The molecule has 4 saturated heterocycles. The third-order valence-electron chi connectivity index (χ3n) is 9.05. The summed E-state index contributed by atoms with van der Waals surface area (Å²) in [5.74, 6) is 0.927. The van der Waals surface area contributed by atoms with Crippen molar-refractivity contribution >= 4 is 0 Å². The van der Waals surface area contributed by atoms with Crippen molar-refractivity contribution in [3.63, 3.8) is 0 Å². The molecule has 6 nitrogen and oxygen atoms in total. The first-order valence-electron chi connectivity index (χ1n) is 20.1. The zero-order valence-corrected chi connectivity index (χ0v) is 39.2. The van der Waals surface area contributed by atoms with Gasteiger partial charge >= 0.3 is 0 Å². The second-order valence-electron chi connectivity index (χ2n) is 18.7. The van der Waals surface area contributed by atoms with Gasteiger partial charge in [0.1, 0.15) is 11.5 Å². The first kappa shape index (κ1) is 52.2. The molecule has 0 aromatic heterocycles. The Morgan fingerprint density at radius 2 is 0.509 bits per heavy atom. The number of phenols is 2. The number of ether oxygens (including phenoxy) is 4. The maximum absolute atomic E-state index is 10.4. The summed E-state index contributed by atoms with van der Waals surface area (Å²) in [5, 5.41) is 20.8. The third kappa shape index (κ3) is 21.9. The molecule has 0 radical (unpaired) electrons. The summed E-state index contributed by atoms with van der Waals surface area (Å²) >= 11 is 0. The molecule has 0 aliphatic carbocycles. The standard InChI is InChI=1S/2C15H24O.4C4H8O.Sm/c2*1-10-8-11(14(2,3)4)13(16)12(9-10)15(5,6)7;4*1-2-4-5-3-1;/h2*8-9,16H,1-7H3;4*1-4H2;. The average Bonchev–Trinajstić information content (AvgIpc) is 3.88. The predicted octanol–water partition coefficient (Wildman–Crippen LogP) is 11.8.